The Bertz CT molecular complexity index is 3210. The lowest BCUT2D eigenvalue weighted by Gasteiger charge is -2.18. The van der Waals surface area contributed by atoms with Crippen LogP contribution < -0.4 is 20.5 Å². The molecule has 16 heteroatoms. The molecule has 2 aromatic heterocycles. The molecule has 8 rings (SSSR count). The van der Waals surface area contributed by atoms with E-state index in [9.17, 15) is 32.3 Å². The van der Waals surface area contributed by atoms with Crippen LogP contribution in [-0.4, -0.2) is 39.8 Å². The van der Waals surface area contributed by atoms with Gasteiger partial charge < -0.3 is 39.5 Å². The first-order valence-electron chi connectivity index (χ1n) is 21.2. The number of nitrogens with zero attached hydrogens (tertiary/aromatic N) is 2. The number of aromatic carboxylic acids is 1. The molecule has 0 fully saturated rings. The van der Waals surface area contributed by atoms with Crippen molar-refractivity contribution in [1.82, 2.24) is 9.13 Å². The van der Waals surface area contributed by atoms with Gasteiger partial charge in [-0.05, 0) is 142 Å². The van der Waals surface area contributed by atoms with Crippen molar-refractivity contribution in [2.24, 2.45) is 0 Å². The third-order valence-corrected chi connectivity index (χ3v) is 11.3. The molecule has 4 N–H and O–H groups in total. The Labute approximate surface area is 405 Å². The maximum atomic E-state index is 14.1. The van der Waals surface area contributed by atoms with Gasteiger partial charge in [-0.1, -0.05) is 23.2 Å². The Kier molecular flexibility index (Phi) is 15.4. The highest BCUT2D eigenvalue weighted by Crippen LogP contribution is 2.39. The van der Waals surface area contributed by atoms with Gasteiger partial charge in [-0.3, -0.25) is 0 Å². The number of nitrogens with one attached hydrogen (secondary N) is 1. The second kappa shape index (κ2) is 21.5. The number of halogens is 6. The highest BCUT2D eigenvalue weighted by molar-refractivity contribution is 6.31. The smallest absolute Gasteiger partial charge is 0.337 e. The fourth-order valence-electron chi connectivity index (χ4n) is 7.60. The van der Waals surface area contributed by atoms with Gasteiger partial charge in [0.25, 0.3) is 0 Å². The number of carboxylic acids is 1. The molecule has 0 aliphatic rings. The number of hydrogen-bond donors (Lipinski definition) is 3. The molecule has 0 amide bonds. The summed E-state index contributed by atoms with van der Waals surface area (Å²) in [6, 6.07) is 34.4. The second-order valence-electron chi connectivity index (χ2n) is 15.6. The zero-order valence-electron chi connectivity index (χ0n) is 37.6. The lowest BCUT2D eigenvalue weighted by Crippen LogP contribution is -2.07. The third-order valence-electron chi connectivity index (χ3n) is 10.8. The third kappa shape index (κ3) is 11.5. The normalized spacial score (nSPS) is 10.9. The van der Waals surface area contributed by atoms with Crippen LogP contribution in [-0.2, 0) is 18.0 Å². The fourth-order valence-corrected chi connectivity index (χ4v) is 7.94. The molecule has 0 bridgehead atoms. The minimum atomic E-state index is -1.04. The molecular formula is C53H44Cl2F4N4O6. The first kappa shape index (κ1) is 49.2. The Morgan fingerprint density at radius 3 is 1.58 bits per heavy atom. The number of carbonyl (C=O) groups is 2. The van der Waals surface area contributed by atoms with E-state index in [0.29, 0.717) is 73.2 Å². The van der Waals surface area contributed by atoms with Gasteiger partial charge in [0.2, 0.25) is 0 Å². The summed E-state index contributed by atoms with van der Waals surface area (Å²) in [5, 5.41) is 13.7. The van der Waals surface area contributed by atoms with Crippen molar-refractivity contribution in [3.8, 4) is 45.4 Å². The number of rotatable bonds is 14. The number of benzene rings is 6. The summed E-state index contributed by atoms with van der Waals surface area (Å²) in [6.07, 6.45) is 0. The molecule has 2 heterocycles. The molecule has 0 spiro atoms. The number of carbonyl (C=O) groups excluding carboxylic acids is 1. The second-order valence-corrected chi connectivity index (χ2v) is 16.5. The highest BCUT2D eigenvalue weighted by atomic mass is 35.5. The van der Waals surface area contributed by atoms with Crippen LogP contribution >= 0.6 is 23.2 Å². The number of methoxy groups -OCH3 is 1. The number of nitrogens with two attached hydrogens (primary N) is 1. The Morgan fingerprint density at radius 1 is 0.623 bits per heavy atom. The van der Waals surface area contributed by atoms with Crippen LogP contribution in [0.15, 0.2) is 133 Å². The predicted octanol–water partition coefficient (Wildman–Crippen LogP) is 13.4. The van der Waals surface area contributed by atoms with Crippen LogP contribution in [0.5, 0.6) is 11.5 Å². The zero-order valence-corrected chi connectivity index (χ0v) is 39.1. The monoisotopic (exact) mass is 978 g/mol. The van der Waals surface area contributed by atoms with Crippen molar-refractivity contribution in [2.45, 2.75) is 34.0 Å². The number of anilines is 2. The first-order valence-corrected chi connectivity index (χ1v) is 22.0. The van der Waals surface area contributed by atoms with Gasteiger partial charge in [-0.2, -0.15) is 0 Å². The highest BCUT2D eigenvalue weighted by Gasteiger charge is 2.20. The van der Waals surface area contributed by atoms with Crippen molar-refractivity contribution >= 4 is 46.5 Å². The topological polar surface area (TPSA) is 130 Å². The van der Waals surface area contributed by atoms with E-state index in [1.807, 2.05) is 60.2 Å². The molecular weight excluding hydrogens is 936 g/mol. The molecule has 0 aliphatic carbocycles. The van der Waals surface area contributed by atoms with E-state index in [1.165, 1.54) is 31.4 Å². The van der Waals surface area contributed by atoms with Gasteiger partial charge >= 0.3 is 11.9 Å². The van der Waals surface area contributed by atoms with Crippen molar-refractivity contribution in [3.63, 3.8) is 0 Å². The van der Waals surface area contributed by atoms with Gasteiger partial charge in [0.1, 0.15) is 48.0 Å². The van der Waals surface area contributed by atoms with Crippen LogP contribution in [0.1, 0.15) is 50.2 Å². The van der Waals surface area contributed by atoms with E-state index in [-0.39, 0.29) is 29.9 Å². The van der Waals surface area contributed by atoms with E-state index in [2.05, 4.69) is 5.32 Å². The Hall–Kier alpha value is -7.68. The zero-order chi connectivity index (χ0) is 49.5. The molecule has 0 atom stereocenters. The maximum Gasteiger partial charge on any atom is 0.337 e. The van der Waals surface area contributed by atoms with Crippen molar-refractivity contribution in [3.05, 3.63) is 200 Å². The van der Waals surface area contributed by atoms with Gasteiger partial charge in [0, 0.05) is 85.1 Å². The summed E-state index contributed by atoms with van der Waals surface area (Å²) in [4.78, 5) is 23.9. The van der Waals surface area contributed by atoms with Crippen LogP contribution in [0.2, 0.25) is 10.0 Å². The first-order chi connectivity index (χ1) is 33.0. The minimum absolute atomic E-state index is 0.106. The molecule has 10 nitrogen and oxygen atoms in total. The molecule has 0 unspecified atom stereocenters. The lowest BCUT2D eigenvalue weighted by molar-refractivity contribution is 0.0599. The molecule has 6 aromatic carbocycles. The molecule has 0 radical (unpaired) electrons. The Balaban J connectivity index is 0.000000204. The maximum absolute atomic E-state index is 14.1. The summed E-state index contributed by atoms with van der Waals surface area (Å²) in [7, 11) is 1.30. The summed E-state index contributed by atoms with van der Waals surface area (Å²) in [5.74, 6) is -3.35. The van der Waals surface area contributed by atoms with Crippen LogP contribution in [0, 0.1) is 37.1 Å². The number of ether oxygens (including phenoxy) is 3. The van der Waals surface area contributed by atoms with E-state index in [1.54, 1.807) is 66.7 Å². The van der Waals surface area contributed by atoms with E-state index in [0.717, 1.165) is 29.2 Å². The summed E-state index contributed by atoms with van der Waals surface area (Å²) in [5.41, 5.74) is 13.7. The van der Waals surface area contributed by atoms with E-state index < -0.39 is 35.2 Å². The predicted molar refractivity (Wildman–Crippen MR) is 260 cm³/mol. The number of aryl methyl sites for hydroxylation is 2. The minimum Gasteiger partial charge on any atom is -0.488 e. The fraction of sp³-hybridized carbons (Fsp3) is 0.132. The van der Waals surface area contributed by atoms with E-state index in [4.69, 9.17) is 43.1 Å². The summed E-state index contributed by atoms with van der Waals surface area (Å²) >= 11 is 12.6. The van der Waals surface area contributed by atoms with Crippen molar-refractivity contribution in [2.75, 3.05) is 24.7 Å². The molecule has 0 aliphatic heterocycles. The largest absolute Gasteiger partial charge is 0.488 e. The SMILES string of the molecule is CCNc1cc(C(=O)O)cc(-n2c(C)ccc2-c2cc(Cl)ccc2OCc2ccc(F)cc2F)c1.COC(=O)c1cc(N)cc(-n2c(C)ccc2-c2cc(Cl)ccc2OCc2ccc(F)cc2F)c1. The summed E-state index contributed by atoms with van der Waals surface area (Å²) in [6.45, 7) is 6.16. The molecule has 8 aromatic rings. The van der Waals surface area contributed by atoms with Gasteiger partial charge in [-0.25, -0.2) is 27.2 Å². The van der Waals surface area contributed by atoms with Gasteiger partial charge in [-0.15, -0.1) is 0 Å². The van der Waals surface area contributed by atoms with Crippen molar-refractivity contribution in [1.29, 1.82) is 0 Å². The average molecular weight is 980 g/mol. The lowest BCUT2D eigenvalue weighted by atomic mass is 10.1. The van der Waals surface area contributed by atoms with Crippen LogP contribution in [0.3, 0.4) is 0 Å². The number of carboxylic acid groups (broad SMARTS) is 1. The molecule has 0 saturated carbocycles. The quantitative estimate of drug-likeness (QED) is 0.0558. The number of esters is 1. The number of hydrogen-bond acceptors (Lipinski definition) is 7. The number of aromatic nitrogens is 2. The molecule has 354 valence electrons. The molecule has 0 saturated heterocycles. The Morgan fingerprint density at radius 2 is 1.12 bits per heavy atom. The van der Waals surface area contributed by atoms with Gasteiger partial charge in [0.15, 0.2) is 0 Å². The number of nitrogen functional groups attached to an aromatic ring is 1. The van der Waals surface area contributed by atoms with Gasteiger partial charge in [0.05, 0.1) is 29.6 Å². The van der Waals surface area contributed by atoms with Crippen LogP contribution in [0.25, 0.3) is 33.9 Å². The van der Waals surface area contributed by atoms with Crippen molar-refractivity contribution < 1.29 is 46.5 Å². The standard InChI is InChI=1S/C27H23ClF2N2O3.C26H21ClF2N2O3/c1-3-31-21-10-18(27(33)34)11-22(14-21)32-16(2)4-8-25(32)23-12-19(28)6-9-26(23)35-15-17-5-7-20(29)13-24(17)30;1-15-3-7-24(31(15)21-10-17(26(32)33-2)9-20(30)13-21)22-11-18(27)5-8-25(22)34-14-16-4-6-19(28)12-23(16)29/h4-14,31H,3,15H2,1-2H3,(H,33,34);3-13H,14,30H2,1-2H3. The molecule has 69 heavy (non-hydrogen) atoms. The average Bonchev–Trinajstić information content (AvgIpc) is 3.90. The summed E-state index contributed by atoms with van der Waals surface area (Å²) < 4.78 is 75.3. The van der Waals surface area contributed by atoms with E-state index >= 15 is 0 Å². The van der Waals surface area contributed by atoms with Crippen LogP contribution in [0.4, 0.5) is 28.9 Å².